The molecule has 2 saturated carbocycles. The van der Waals surface area contributed by atoms with Crippen LogP contribution in [0.3, 0.4) is 0 Å². The Kier molecular flexibility index (Phi) is 9.69. The van der Waals surface area contributed by atoms with E-state index in [2.05, 4.69) is 161 Å². The summed E-state index contributed by atoms with van der Waals surface area (Å²) in [4.78, 5) is 0. The zero-order valence-electron chi connectivity index (χ0n) is 29.3. The molecule has 240 valence electrons. The number of hydrogen-bond donors (Lipinski definition) is 1. The molecule has 3 nitrogen and oxygen atoms in total. The summed E-state index contributed by atoms with van der Waals surface area (Å²) < 4.78 is 12.7. The molecule has 0 radical (unpaired) electrons. The van der Waals surface area contributed by atoms with Crippen LogP contribution in [0.15, 0.2) is 107 Å². The zero-order chi connectivity index (χ0) is 32.6. The SMILES string of the molecule is CC(/C=C/C=C(C)/C=C/[C@@]12O[C@]1(C)C[C@@H](C)CC2(C)C)=C\C=C\C=C(C)\C=C\C=C(C)\C=C\[C@@]12O[C@]1(C)C[C@@H](O)CC2(C)C. The highest BCUT2D eigenvalue weighted by Crippen LogP contribution is 2.67. The first kappa shape index (κ1) is 34.4. The maximum absolute atomic E-state index is 10.3. The van der Waals surface area contributed by atoms with Gasteiger partial charge in [-0.2, -0.15) is 0 Å². The number of aliphatic hydroxyl groups excluding tert-OH is 1. The standard InChI is InChI=1S/C41H58O3/c1-30(18-14-20-32(3)22-24-40-36(6,7)26-34(5)27-38(40,10)43-40)16-12-13-17-31(2)19-15-21-33(4)23-25-41-37(8,9)28-35(42)29-39(41,11)44-41/h12-25,34-35,42H,26-29H2,1-11H3/b13-12+,18-14+,19-15+,24-22+,25-23+,30-16+,31-17+,32-20+,33-21+/t34-,35-,38+,39+,40-,41-/m0/s1. The summed E-state index contributed by atoms with van der Waals surface area (Å²) in [6.07, 6.45) is 33.7. The van der Waals surface area contributed by atoms with Gasteiger partial charge in [0.1, 0.15) is 22.4 Å². The first-order chi connectivity index (χ1) is 20.4. The molecule has 0 aromatic carbocycles. The zero-order valence-corrected chi connectivity index (χ0v) is 29.3. The fourth-order valence-electron chi connectivity index (χ4n) is 8.49. The highest BCUT2D eigenvalue weighted by atomic mass is 16.6. The Morgan fingerprint density at radius 3 is 1.36 bits per heavy atom. The largest absolute Gasteiger partial charge is 0.393 e. The topological polar surface area (TPSA) is 45.3 Å². The molecule has 4 rings (SSSR count). The van der Waals surface area contributed by atoms with Crippen LogP contribution in [0.25, 0.3) is 0 Å². The molecule has 0 bridgehead atoms. The van der Waals surface area contributed by atoms with Crippen molar-refractivity contribution in [2.45, 2.75) is 130 Å². The molecule has 44 heavy (non-hydrogen) atoms. The van der Waals surface area contributed by atoms with Crippen LogP contribution < -0.4 is 0 Å². The fraction of sp³-hybridized carbons (Fsp3) is 0.561. The van der Waals surface area contributed by atoms with Crippen LogP contribution >= 0.6 is 0 Å². The number of fused-ring (bicyclic) bond motifs is 2. The Morgan fingerprint density at radius 1 is 0.545 bits per heavy atom. The van der Waals surface area contributed by atoms with Gasteiger partial charge in [-0.3, -0.25) is 0 Å². The molecule has 3 heteroatoms. The minimum Gasteiger partial charge on any atom is -0.393 e. The summed E-state index contributed by atoms with van der Waals surface area (Å²) in [7, 11) is 0. The van der Waals surface area contributed by atoms with Gasteiger partial charge in [-0.05, 0) is 78.9 Å². The van der Waals surface area contributed by atoms with Gasteiger partial charge >= 0.3 is 0 Å². The highest BCUT2D eigenvalue weighted by molar-refractivity contribution is 5.38. The molecule has 4 fully saturated rings. The maximum Gasteiger partial charge on any atom is 0.121 e. The second-order valence-corrected chi connectivity index (χ2v) is 15.9. The average Bonchev–Trinajstić information content (AvgIpc) is 3.73. The Hall–Kier alpha value is -2.46. The Balaban J connectivity index is 1.25. The molecule has 6 atom stereocenters. The molecule has 2 heterocycles. The Bertz CT molecular complexity index is 1270. The van der Waals surface area contributed by atoms with Crippen LogP contribution in [0, 0.1) is 16.7 Å². The first-order valence-electron chi connectivity index (χ1n) is 16.6. The van der Waals surface area contributed by atoms with Gasteiger partial charge < -0.3 is 14.6 Å². The van der Waals surface area contributed by atoms with Crippen molar-refractivity contribution in [3.8, 4) is 0 Å². The summed E-state index contributed by atoms with van der Waals surface area (Å²) >= 11 is 0. The fourth-order valence-corrected chi connectivity index (χ4v) is 8.49. The monoisotopic (exact) mass is 598 g/mol. The van der Waals surface area contributed by atoms with Gasteiger partial charge in [-0.1, -0.05) is 130 Å². The van der Waals surface area contributed by atoms with Gasteiger partial charge in [0, 0.05) is 17.3 Å². The summed E-state index contributed by atoms with van der Waals surface area (Å²) in [5.41, 5.74) is 4.15. The van der Waals surface area contributed by atoms with E-state index in [-0.39, 0.29) is 39.3 Å². The van der Waals surface area contributed by atoms with Crippen molar-refractivity contribution < 1.29 is 14.6 Å². The average molecular weight is 599 g/mol. The smallest absolute Gasteiger partial charge is 0.121 e. The molecular weight excluding hydrogens is 540 g/mol. The van der Waals surface area contributed by atoms with Crippen molar-refractivity contribution in [1.29, 1.82) is 0 Å². The van der Waals surface area contributed by atoms with Crippen LogP contribution in [0.5, 0.6) is 0 Å². The van der Waals surface area contributed by atoms with Crippen molar-refractivity contribution >= 4 is 0 Å². The quantitative estimate of drug-likeness (QED) is 0.201. The molecule has 0 amide bonds. The molecule has 1 N–H and O–H groups in total. The van der Waals surface area contributed by atoms with Crippen molar-refractivity contribution in [2.24, 2.45) is 16.7 Å². The van der Waals surface area contributed by atoms with Crippen molar-refractivity contribution in [3.63, 3.8) is 0 Å². The van der Waals surface area contributed by atoms with Crippen LogP contribution in [0.4, 0.5) is 0 Å². The Morgan fingerprint density at radius 2 is 0.932 bits per heavy atom. The second-order valence-electron chi connectivity index (χ2n) is 15.9. The van der Waals surface area contributed by atoms with Gasteiger partial charge in [0.05, 0.1) is 6.10 Å². The van der Waals surface area contributed by atoms with E-state index in [1.54, 1.807) is 0 Å². The molecule has 2 aliphatic heterocycles. The second kappa shape index (κ2) is 12.4. The van der Waals surface area contributed by atoms with E-state index in [9.17, 15) is 5.11 Å². The van der Waals surface area contributed by atoms with E-state index in [0.717, 1.165) is 12.8 Å². The molecule has 0 aromatic rings. The number of allylic oxidation sites excluding steroid dienone is 16. The molecule has 2 aliphatic carbocycles. The van der Waals surface area contributed by atoms with Gasteiger partial charge in [0.15, 0.2) is 0 Å². The molecule has 0 unspecified atom stereocenters. The molecule has 0 spiro atoms. The van der Waals surface area contributed by atoms with E-state index in [4.69, 9.17) is 9.47 Å². The van der Waals surface area contributed by atoms with E-state index < -0.39 is 0 Å². The van der Waals surface area contributed by atoms with E-state index >= 15 is 0 Å². The predicted molar refractivity (Wildman–Crippen MR) is 186 cm³/mol. The predicted octanol–water partition coefficient (Wildman–Crippen LogP) is 10.2. The maximum atomic E-state index is 10.3. The minimum absolute atomic E-state index is 0.0188. The van der Waals surface area contributed by atoms with Crippen molar-refractivity contribution in [3.05, 3.63) is 107 Å². The third-order valence-electron chi connectivity index (χ3n) is 10.7. The third-order valence-corrected chi connectivity index (χ3v) is 10.7. The number of aliphatic hydroxyl groups is 1. The van der Waals surface area contributed by atoms with Crippen LogP contribution in [-0.2, 0) is 9.47 Å². The molecule has 2 saturated heterocycles. The molecule has 4 aliphatic rings. The molecular formula is C41H58O3. The number of rotatable bonds is 10. The van der Waals surface area contributed by atoms with Gasteiger partial charge in [-0.25, -0.2) is 0 Å². The lowest BCUT2D eigenvalue weighted by atomic mass is 9.61. The van der Waals surface area contributed by atoms with Gasteiger partial charge in [0.25, 0.3) is 0 Å². The number of epoxide rings is 2. The van der Waals surface area contributed by atoms with E-state index in [1.165, 1.54) is 28.7 Å². The lowest BCUT2D eigenvalue weighted by Gasteiger charge is -2.39. The summed E-state index contributed by atoms with van der Waals surface area (Å²) in [5.74, 6) is 0.708. The summed E-state index contributed by atoms with van der Waals surface area (Å²) in [6.45, 7) is 24.4. The Labute approximate surface area is 268 Å². The van der Waals surface area contributed by atoms with Crippen LogP contribution in [0.1, 0.15) is 102 Å². The van der Waals surface area contributed by atoms with Crippen molar-refractivity contribution in [1.82, 2.24) is 0 Å². The third kappa shape index (κ3) is 6.86. The van der Waals surface area contributed by atoms with Crippen LogP contribution in [0.2, 0.25) is 0 Å². The lowest BCUT2D eigenvalue weighted by molar-refractivity contribution is 0.0515. The molecule has 0 aromatic heterocycles. The van der Waals surface area contributed by atoms with E-state index in [0.29, 0.717) is 12.3 Å². The number of ether oxygens (including phenoxy) is 2. The first-order valence-corrected chi connectivity index (χ1v) is 16.6. The van der Waals surface area contributed by atoms with Crippen molar-refractivity contribution in [2.75, 3.05) is 0 Å². The lowest BCUT2D eigenvalue weighted by Crippen LogP contribution is -2.46. The summed E-state index contributed by atoms with van der Waals surface area (Å²) in [5, 5.41) is 10.3. The normalized spacial score (nSPS) is 39.2. The van der Waals surface area contributed by atoms with Gasteiger partial charge in [-0.15, -0.1) is 0 Å². The highest BCUT2D eigenvalue weighted by Gasteiger charge is 2.75. The number of hydrogen-bond acceptors (Lipinski definition) is 3. The van der Waals surface area contributed by atoms with Crippen LogP contribution in [-0.4, -0.2) is 33.6 Å². The van der Waals surface area contributed by atoms with E-state index in [1.807, 2.05) is 0 Å². The van der Waals surface area contributed by atoms with Gasteiger partial charge in [0.2, 0.25) is 0 Å². The minimum atomic E-state index is -0.287. The summed E-state index contributed by atoms with van der Waals surface area (Å²) in [6, 6.07) is 0.